The number of hydrogen-bond acceptors (Lipinski definition) is 11. The molecule has 0 atom stereocenters. The maximum atomic E-state index is 12.0. The first-order chi connectivity index (χ1) is 23.6. The van der Waals surface area contributed by atoms with Crippen LogP contribution in [0.4, 0.5) is 0 Å². The zero-order valence-corrected chi connectivity index (χ0v) is 30.4. The predicted molar refractivity (Wildman–Crippen MR) is 186 cm³/mol. The summed E-state index contributed by atoms with van der Waals surface area (Å²) in [5.41, 5.74) is 0. The molecule has 0 aromatic heterocycles. The number of carbonyl (C=O) groups is 1. The standard InChI is InChI=1S/C36H64O11S/c1-2-3-4-5-6-7-8-9-10-11-12-13-17-20-36(37)46-33-31-44-29-27-42-25-23-40-21-22-41-24-26-43-28-30-45-32-34-47-48(38,39)35-18-15-14-16-19-35/h14-16,18-19H,2-13,17,20-34H2,1H3. The van der Waals surface area contributed by atoms with Gasteiger partial charge in [0.2, 0.25) is 0 Å². The Balaban J connectivity index is 1.70. The van der Waals surface area contributed by atoms with Gasteiger partial charge in [-0.25, -0.2) is 0 Å². The fourth-order valence-electron chi connectivity index (χ4n) is 4.63. The Bertz CT molecular complexity index is 931. The van der Waals surface area contributed by atoms with Crippen LogP contribution in [0.5, 0.6) is 0 Å². The Labute approximate surface area is 290 Å². The van der Waals surface area contributed by atoms with Crippen molar-refractivity contribution in [2.75, 3.05) is 92.5 Å². The van der Waals surface area contributed by atoms with E-state index in [9.17, 15) is 13.2 Å². The van der Waals surface area contributed by atoms with Crippen LogP contribution in [0.1, 0.15) is 96.8 Å². The van der Waals surface area contributed by atoms with Crippen LogP contribution in [-0.4, -0.2) is 107 Å². The van der Waals surface area contributed by atoms with E-state index in [2.05, 4.69) is 6.92 Å². The van der Waals surface area contributed by atoms with Gasteiger partial charge >= 0.3 is 5.97 Å². The minimum atomic E-state index is -3.76. The molecule has 280 valence electrons. The maximum Gasteiger partial charge on any atom is 0.305 e. The molecule has 0 aliphatic rings. The Hall–Kier alpha value is -1.64. The normalized spacial score (nSPS) is 11.7. The first kappa shape index (κ1) is 44.4. The third kappa shape index (κ3) is 29.3. The highest BCUT2D eigenvalue weighted by atomic mass is 32.2. The number of ether oxygens (including phenoxy) is 7. The SMILES string of the molecule is CCCCCCCCCCCCCCCC(=O)OCCOCCOCCOCCOCCOCCOCCOS(=O)(=O)c1ccccc1. The van der Waals surface area contributed by atoms with Gasteiger partial charge in [0, 0.05) is 6.42 Å². The molecule has 0 N–H and O–H groups in total. The molecule has 0 aliphatic carbocycles. The van der Waals surface area contributed by atoms with E-state index in [0.29, 0.717) is 79.1 Å². The van der Waals surface area contributed by atoms with Gasteiger partial charge in [-0.2, -0.15) is 8.42 Å². The van der Waals surface area contributed by atoms with Crippen molar-refractivity contribution in [3.63, 3.8) is 0 Å². The van der Waals surface area contributed by atoms with Crippen LogP contribution in [0, 0.1) is 0 Å². The quantitative estimate of drug-likeness (QED) is 0.0427. The van der Waals surface area contributed by atoms with Gasteiger partial charge in [0.1, 0.15) is 6.61 Å². The molecule has 12 heteroatoms. The summed E-state index contributed by atoms with van der Waals surface area (Å²) >= 11 is 0. The summed E-state index contributed by atoms with van der Waals surface area (Å²) in [5.74, 6) is -0.143. The van der Waals surface area contributed by atoms with Gasteiger partial charge in [-0.05, 0) is 18.6 Å². The second-order valence-corrected chi connectivity index (χ2v) is 13.1. The Kier molecular flexibility index (Phi) is 31.3. The number of rotatable bonds is 37. The molecule has 0 radical (unpaired) electrons. The molecule has 0 saturated carbocycles. The number of benzene rings is 1. The van der Waals surface area contributed by atoms with Crippen molar-refractivity contribution >= 4 is 16.1 Å². The van der Waals surface area contributed by atoms with Gasteiger partial charge < -0.3 is 33.2 Å². The maximum absolute atomic E-state index is 12.0. The number of carbonyl (C=O) groups excluding carboxylic acids is 1. The lowest BCUT2D eigenvalue weighted by atomic mass is 10.0. The molecule has 0 saturated heterocycles. The fourth-order valence-corrected chi connectivity index (χ4v) is 5.55. The molecule has 1 aromatic rings. The van der Waals surface area contributed by atoms with Gasteiger partial charge in [-0.15, -0.1) is 0 Å². The van der Waals surface area contributed by atoms with Gasteiger partial charge in [-0.1, -0.05) is 102 Å². The lowest BCUT2D eigenvalue weighted by molar-refractivity contribution is -0.145. The topological polar surface area (TPSA) is 125 Å². The average molecular weight is 705 g/mol. The molecular weight excluding hydrogens is 640 g/mol. The first-order valence-electron chi connectivity index (χ1n) is 18.1. The highest BCUT2D eigenvalue weighted by molar-refractivity contribution is 7.86. The third-order valence-corrected chi connectivity index (χ3v) is 8.66. The van der Waals surface area contributed by atoms with E-state index in [1.54, 1.807) is 18.2 Å². The van der Waals surface area contributed by atoms with Gasteiger partial charge in [0.15, 0.2) is 0 Å². The summed E-state index contributed by atoms with van der Waals surface area (Å²) in [6, 6.07) is 7.99. The average Bonchev–Trinajstić information content (AvgIpc) is 3.09. The van der Waals surface area contributed by atoms with Crippen molar-refractivity contribution in [2.45, 2.75) is 102 Å². The number of hydrogen-bond donors (Lipinski definition) is 0. The van der Waals surface area contributed by atoms with Crippen LogP contribution in [0.2, 0.25) is 0 Å². The third-order valence-electron chi connectivity index (χ3n) is 7.33. The molecule has 0 amide bonds. The van der Waals surface area contributed by atoms with Gasteiger partial charge in [0.25, 0.3) is 10.1 Å². The molecule has 0 aliphatic heterocycles. The highest BCUT2D eigenvalue weighted by Crippen LogP contribution is 2.13. The smallest absolute Gasteiger partial charge is 0.305 e. The monoisotopic (exact) mass is 704 g/mol. The Morgan fingerprint density at radius 3 is 1.25 bits per heavy atom. The van der Waals surface area contributed by atoms with E-state index in [1.807, 2.05) is 0 Å². The van der Waals surface area contributed by atoms with E-state index in [4.69, 9.17) is 37.3 Å². The van der Waals surface area contributed by atoms with E-state index in [0.717, 1.165) is 12.8 Å². The van der Waals surface area contributed by atoms with Crippen molar-refractivity contribution in [1.82, 2.24) is 0 Å². The largest absolute Gasteiger partial charge is 0.463 e. The second kappa shape index (κ2) is 33.8. The van der Waals surface area contributed by atoms with Crippen LogP contribution < -0.4 is 0 Å². The zero-order chi connectivity index (χ0) is 34.6. The van der Waals surface area contributed by atoms with Crippen molar-refractivity contribution in [1.29, 1.82) is 0 Å². The number of unbranched alkanes of at least 4 members (excludes halogenated alkanes) is 12. The van der Waals surface area contributed by atoms with E-state index >= 15 is 0 Å². The predicted octanol–water partition coefficient (Wildman–Crippen LogP) is 6.52. The van der Waals surface area contributed by atoms with Gasteiger partial charge in [-0.3, -0.25) is 8.98 Å². The van der Waals surface area contributed by atoms with E-state index in [1.165, 1.54) is 82.8 Å². The van der Waals surface area contributed by atoms with Crippen molar-refractivity contribution in [3.05, 3.63) is 30.3 Å². The summed E-state index contributed by atoms with van der Waals surface area (Å²) in [5, 5.41) is 0. The summed E-state index contributed by atoms with van der Waals surface area (Å²) in [6.45, 7) is 7.28. The molecule has 0 bridgehead atoms. The second-order valence-electron chi connectivity index (χ2n) is 11.5. The summed E-state index contributed by atoms with van der Waals surface area (Å²) in [6.07, 6.45) is 17.2. The number of esters is 1. The minimum Gasteiger partial charge on any atom is -0.463 e. The Morgan fingerprint density at radius 2 is 0.833 bits per heavy atom. The lowest BCUT2D eigenvalue weighted by Crippen LogP contribution is -2.15. The molecule has 1 aromatic carbocycles. The minimum absolute atomic E-state index is 0.0581. The molecular formula is C36H64O11S. The molecule has 1 rings (SSSR count). The molecule has 11 nitrogen and oxygen atoms in total. The van der Waals surface area contributed by atoms with E-state index in [-0.39, 0.29) is 30.7 Å². The first-order valence-corrected chi connectivity index (χ1v) is 19.5. The molecule has 0 spiro atoms. The summed E-state index contributed by atoms with van der Waals surface area (Å²) < 4.78 is 66.7. The molecule has 48 heavy (non-hydrogen) atoms. The lowest BCUT2D eigenvalue weighted by Gasteiger charge is -2.09. The highest BCUT2D eigenvalue weighted by Gasteiger charge is 2.13. The fraction of sp³-hybridized carbons (Fsp3) is 0.806. The van der Waals surface area contributed by atoms with Crippen molar-refractivity contribution < 1.29 is 50.6 Å². The molecule has 0 heterocycles. The summed E-state index contributed by atoms with van der Waals surface area (Å²) in [4.78, 5) is 12.0. The van der Waals surface area contributed by atoms with Crippen LogP contribution in [0.25, 0.3) is 0 Å². The van der Waals surface area contributed by atoms with Gasteiger partial charge in [0.05, 0.1) is 90.8 Å². The van der Waals surface area contributed by atoms with E-state index < -0.39 is 10.1 Å². The molecule has 0 unspecified atom stereocenters. The van der Waals surface area contributed by atoms with Crippen molar-refractivity contribution in [3.8, 4) is 0 Å². The Morgan fingerprint density at radius 1 is 0.479 bits per heavy atom. The zero-order valence-electron chi connectivity index (χ0n) is 29.6. The van der Waals surface area contributed by atoms with Crippen molar-refractivity contribution in [2.24, 2.45) is 0 Å². The molecule has 0 fully saturated rings. The van der Waals surface area contributed by atoms with Crippen LogP contribution in [0.15, 0.2) is 35.2 Å². The van der Waals surface area contributed by atoms with Crippen LogP contribution in [-0.2, 0) is 52.3 Å². The van der Waals surface area contributed by atoms with Crippen LogP contribution in [0.3, 0.4) is 0 Å². The van der Waals surface area contributed by atoms with Crippen LogP contribution >= 0.6 is 0 Å². The summed E-state index contributed by atoms with van der Waals surface area (Å²) in [7, 11) is -3.76.